The fourth-order valence-corrected chi connectivity index (χ4v) is 7.92. The van der Waals surface area contributed by atoms with Gasteiger partial charge in [0.05, 0.1) is 0 Å². The summed E-state index contributed by atoms with van der Waals surface area (Å²) in [7, 11) is 0. The summed E-state index contributed by atoms with van der Waals surface area (Å²) in [4.78, 5) is 0. The van der Waals surface area contributed by atoms with Crippen LogP contribution in [0.4, 0.5) is 0 Å². The summed E-state index contributed by atoms with van der Waals surface area (Å²) in [6, 6.07) is 26.1. The molecule has 1 saturated carbocycles. The minimum Gasteiger partial charge on any atom is -0.507 e. The summed E-state index contributed by atoms with van der Waals surface area (Å²) in [6.07, 6.45) is 3.44. The molecule has 0 aromatic heterocycles. The molecule has 172 valence electrons. The number of aryl methyl sites for hydroxylation is 1. The summed E-state index contributed by atoms with van der Waals surface area (Å²) in [5.41, 5.74) is 9.47. The standard InChI is InChI=1S/C33H34O/c1-21-15-26-25(16-24(21)22-11-7-6-8-12-22)29(34)17-28-30(26)23-13-9-10-14-27(23)33(28)19-31(2,3)18-32(4,5)20-33/h6-17,34H,18-20H2,1-5H3. The predicted molar refractivity (Wildman–Crippen MR) is 143 cm³/mol. The van der Waals surface area contributed by atoms with Crippen molar-refractivity contribution in [3.05, 3.63) is 89.5 Å². The van der Waals surface area contributed by atoms with Crippen molar-refractivity contribution in [2.75, 3.05) is 0 Å². The van der Waals surface area contributed by atoms with Crippen LogP contribution in [-0.2, 0) is 5.41 Å². The monoisotopic (exact) mass is 446 g/mol. The molecule has 0 bridgehead atoms. The van der Waals surface area contributed by atoms with Crippen LogP contribution < -0.4 is 0 Å². The Bertz CT molecular complexity index is 1420. The van der Waals surface area contributed by atoms with Crippen molar-refractivity contribution in [3.63, 3.8) is 0 Å². The molecule has 6 rings (SSSR count). The highest BCUT2D eigenvalue weighted by atomic mass is 16.3. The molecule has 4 aromatic carbocycles. The lowest BCUT2D eigenvalue weighted by atomic mass is 9.52. The molecule has 1 spiro atoms. The number of phenols is 1. The van der Waals surface area contributed by atoms with E-state index in [1.165, 1.54) is 50.8 Å². The van der Waals surface area contributed by atoms with Gasteiger partial charge in [-0.05, 0) is 93.5 Å². The first kappa shape index (κ1) is 21.5. The van der Waals surface area contributed by atoms with Gasteiger partial charge in [0.1, 0.15) is 5.75 Å². The van der Waals surface area contributed by atoms with Crippen LogP contribution in [0.15, 0.2) is 72.8 Å². The number of phenolic OH excluding ortho intramolecular Hbond substituents is 1. The van der Waals surface area contributed by atoms with E-state index in [0.29, 0.717) is 5.75 Å². The van der Waals surface area contributed by atoms with Crippen LogP contribution in [0.5, 0.6) is 5.75 Å². The van der Waals surface area contributed by atoms with E-state index < -0.39 is 0 Å². The number of fused-ring (bicyclic) bond motifs is 7. The van der Waals surface area contributed by atoms with Gasteiger partial charge in [-0.3, -0.25) is 0 Å². The molecule has 1 nitrogen and oxygen atoms in total. The second-order valence-electron chi connectivity index (χ2n) is 12.4. The maximum absolute atomic E-state index is 11.5. The smallest absolute Gasteiger partial charge is 0.123 e. The summed E-state index contributed by atoms with van der Waals surface area (Å²) < 4.78 is 0. The van der Waals surface area contributed by atoms with Gasteiger partial charge in [0.15, 0.2) is 0 Å². The Hall–Kier alpha value is -3.06. The quantitative estimate of drug-likeness (QED) is 0.309. The van der Waals surface area contributed by atoms with Gasteiger partial charge in [-0.1, -0.05) is 88.4 Å². The number of hydrogen-bond acceptors (Lipinski definition) is 1. The van der Waals surface area contributed by atoms with Crippen LogP contribution >= 0.6 is 0 Å². The summed E-state index contributed by atoms with van der Waals surface area (Å²) in [5.74, 6) is 0.402. The molecule has 0 saturated heterocycles. The zero-order valence-corrected chi connectivity index (χ0v) is 21.0. The molecule has 0 unspecified atom stereocenters. The van der Waals surface area contributed by atoms with E-state index in [4.69, 9.17) is 0 Å². The normalized spacial score (nSPS) is 19.2. The van der Waals surface area contributed by atoms with Crippen molar-refractivity contribution in [1.29, 1.82) is 0 Å². The van der Waals surface area contributed by atoms with Gasteiger partial charge in [-0.15, -0.1) is 0 Å². The fraction of sp³-hybridized carbons (Fsp3) is 0.333. The molecular weight excluding hydrogens is 412 g/mol. The van der Waals surface area contributed by atoms with Gasteiger partial charge >= 0.3 is 0 Å². The van der Waals surface area contributed by atoms with Crippen LogP contribution in [0, 0.1) is 17.8 Å². The molecule has 1 N–H and O–H groups in total. The van der Waals surface area contributed by atoms with Crippen LogP contribution in [-0.4, -0.2) is 5.11 Å². The number of aromatic hydroxyl groups is 1. The molecule has 0 heterocycles. The second-order valence-corrected chi connectivity index (χ2v) is 12.4. The Labute approximate surface area is 203 Å². The molecule has 2 aliphatic carbocycles. The molecule has 1 heteroatoms. The first-order valence-electron chi connectivity index (χ1n) is 12.6. The molecule has 4 aromatic rings. The van der Waals surface area contributed by atoms with E-state index in [0.717, 1.165) is 18.2 Å². The highest BCUT2D eigenvalue weighted by molar-refractivity contribution is 6.07. The van der Waals surface area contributed by atoms with E-state index in [2.05, 4.69) is 101 Å². The molecule has 2 aliphatic rings. The SMILES string of the molecule is Cc1cc2c3c(cc(O)c2cc1-c1ccccc1)C1(CC(C)(C)CC(C)(C)C1)c1ccccc1-3. The third-order valence-corrected chi connectivity index (χ3v) is 8.29. The Balaban J connectivity index is 1.68. The average Bonchev–Trinajstić information content (AvgIpc) is 3.01. The summed E-state index contributed by atoms with van der Waals surface area (Å²) >= 11 is 0. The second kappa shape index (κ2) is 6.98. The first-order valence-corrected chi connectivity index (χ1v) is 12.6. The van der Waals surface area contributed by atoms with Gasteiger partial charge in [-0.2, -0.15) is 0 Å². The van der Waals surface area contributed by atoms with E-state index in [9.17, 15) is 5.11 Å². The van der Waals surface area contributed by atoms with Crippen LogP contribution in [0.1, 0.15) is 63.6 Å². The topological polar surface area (TPSA) is 20.2 Å². The number of benzene rings is 4. The minimum atomic E-state index is -0.0607. The maximum atomic E-state index is 11.5. The Morgan fingerprint density at radius 1 is 0.647 bits per heavy atom. The van der Waals surface area contributed by atoms with Crippen molar-refractivity contribution >= 4 is 10.8 Å². The lowest BCUT2D eigenvalue weighted by Crippen LogP contribution is -2.43. The lowest BCUT2D eigenvalue weighted by molar-refractivity contribution is 0.0645. The third-order valence-electron chi connectivity index (χ3n) is 8.29. The van der Waals surface area contributed by atoms with Crippen LogP contribution in [0.25, 0.3) is 33.0 Å². The van der Waals surface area contributed by atoms with E-state index >= 15 is 0 Å². The van der Waals surface area contributed by atoms with Crippen molar-refractivity contribution in [2.24, 2.45) is 10.8 Å². The number of hydrogen-bond donors (Lipinski definition) is 1. The number of rotatable bonds is 1. The predicted octanol–water partition coefficient (Wildman–Crippen LogP) is 9.02. The molecule has 0 radical (unpaired) electrons. The highest BCUT2D eigenvalue weighted by Crippen LogP contribution is 2.64. The molecule has 0 amide bonds. The molecule has 0 aliphatic heterocycles. The molecule has 1 fully saturated rings. The largest absolute Gasteiger partial charge is 0.507 e. The Kier molecular flexibility index (Phi) is 4.41. The summed E-state index contributed by atoms with van der Waals surface area (Å²) in [6.45, 7) is 11.9. The lowest BCUT2D eigenvalue weighted by Gasteiger charge is -2.51. The van der Waals surface area contributed by atoms with Gasteiger partial charge in [-0.25, -0.2) is 0 Å². The minimum absolute atomic E-state index is 0.0607. The van der Waals surface area contributed by atoms with Crippen molar-refractivity contribution in [2.45, 2.75) is 59.3 Å². The highest BCUT2D eigenvalue weighted by Gasteiger charge is 2.53. The Morgan fingerprint density at radius 3 is 2.00 bits per heavy atom. The zero-order valence-electron chi connectivity index (χ0n) is 21.0. The van der Waals surface area contributed by atoms with Crippen molar-refractivity contribution in [1.82, 2.24) is 0 Å². The van der Waals surface area contributed by atoms with Gasteiger partial charge in [0, 0.05) is 10.8 Å². The fourth-order valence-electron chi connectivity index (χ4n) is 7.92. The molecule has 0 atom stereocenters. The third kappa shape index (κ3) is 3.06. The van der Waals surface area contributed by atoms with E-state index in [1.807, 2.05) is 6.07 Å². The van der Waals surface area contributed by atoms with Gasteiger partial charge in [0.2, 0.25) is 0 Å². The summed E-state index contributed by atoms with van der Waals surface area (Å²) in [5, 5.41) is 13.6. The van der Waals surface area contributed by atoms with Gasteiger partial charge < -0.3 is 5.11 Å². The Morgan fingerprint density at radius 2 is 1.29 bits per heavy atom. The average molecular weight is 447 g/mol. The van der Waals surface area contributed by atoms with Gasteiger partial charge in [0.25, 0.3) is 0 Å². The maximum Gasteiger partial charge on any atom is 0.123 e. The van der Waals surface area contributed by atoms with E-state index in [1.54, 1.807) is 0 Å². The van der Waals surface area contributed by atoms with Crippen molar-refractivity contribution in [3.8, 4) is 28.0 Å². The van der Waals surface area contributed by atoms with Crippen molar-refractivity contribution < 1.29 is 5.11 Å². The zero-order chi connectivity index (χ0) is 23.9. The molecule has 34 heavy (non-hydrogen) atoms. The van der Waals surface area contributed by atoms with E-state index in [-0.39, 0.29) is 16.2 Å². The van der Waals surface area contributed by atoms with Crippen LogP contribution in [0.3, 0.4) is 0 Å². The van der Waals surface area contributed by atoms with Crippen LogP contribution in [0.2, 0.25) is 0 Å². The first-order chi connectivity index (χ1) is 16.1. The molecular formula is C33H34O.